The highest BCUT2D eigenvalue weighted by molar-refractivity contribution is 6.77. The number of carbonyl (C=O) groups is 1. The van der Waals surface area contributed by atoms with Crippen LogP contribution in [0.2, 0.25) is 12.6 Å². The van der Waals surface area contributed by atoms with E-state index in [1.165, 1.54) is 22.3 Å². The van der Waals surface area contributed by atoms with Gasteiger partial charge >= 0.3 is 0 Å². The van der Waals surface area contributed by atoms with Crippen LogP contribution in [-0.4, -0.2) is 14.0 Å². The summed E-state index contributed by atoms with van der Waals surface area (Å²) in [6.45, 7) is 4.56. The Morgan fingerprint density at radius 3 is 1.72 bits per heavy atom. The van der Waals surface area contributed by atoms with Crippen LogP contribution in [0.25, 0.3) is 0 Å². The van der Waals surface area contributed by atoms with Crippen molar-refractivity contribution < 1.29 is 4.79 Å². The van der Waals surface area contributed by atoms with Gasteiger partial charge in [0.25, 0.3) is 0 Å². The minimum Gasteiger partial charge on any atom is -0.349 e. The lowest BCUT2D eigenvalue weighted by atomic mass is 9.98. The Kier molecular flexibility index (Phi) is 8.91. The van der Waals surface area contributed by atoms with Crippen molar-refractivity contribution >= 4 is 14.0 Å². The maximum Gasteiger partial charge on any atom is 0.220 e. The predicted octanol–water partition coefficient (Wildman–Crippen LogP) is 7.43. The number of hydrogen-bond donors (Lipinski definition) is 1. The average Bonchev–Trinajstić information content (AvgIpc) is 2.90. The van der Waals surface area contributed by atoms with Crippen molar-refractivity contribution in [3.8, 4) is 0 Å². The van der Waals surface area contributed by atoms with Gasteiger partial charge in [-0.05, 0) is 42.6 Å². The van der Waals surface area contributed by atoms with Gasteiger partial charge in [0.15, 0.2) is 0 Å². The van der Waals surface area contributed by atoms with Gasteiger partial charge in [-0.2, -0.15) is 0 Å². The topological polar surface area (TPSA) is 29.1 Å². The summed E-state index contributed by atoms with van der Waals surface area (Å²) in [4.78, 5) is 13.3. The van der Waals surface area contributed by atoms with Crippen LogP contribution >= 0.6 is 0 Å². The molecule has 1 atom stereocenters. The maximum atomic E-state index is 13.3. The fourth-order valence-corrected chi connectivity index (χ4v) is 8.75. The largest absolute Gasteiger partial charge is 0.349 e. The van der Waals surface area contributed by atoms with Crippen molar-refractivity contribution in [2.75, 3.05) is 0 Å². The lowest BCUT2D eigenvalue weighted by molar-refractivity contribution is -0.121. The van der Waals surface area contributed by atoms with Gasteiger partial charge in [-0.3, -0.25) is 4.79 Å². The van der Waals surface area contributed by atoms with Crippen LogP contribution in [0.5, 0.6) is 0 Å². The molecule has 1 N–H and O–H groups in total. The van der Waals surface area contributed by atoms with Crippen molar-refractivity contribution in [1.82, 2.24) is 5.32 Å². The third-order valence-electron chi connectivity index (χ3n) is 7.00. The Balaban J connectivity index is 1.46. The lowest BCUT2D eigenvalue weighted by Gasteiger charge is -2.28. The summed E-state index contributed by atoms with van der Waals surface area (Å²) in [6, 6.07) is 43.6. The Morgan fingerprint density at radius 1 is 0.694 bits per heavy atom. The van der Waals surface area contributed by atoms with Gasteiger partial charge in [-0.25, -0.2) is 0 Å². The van der Waals surface area contributed by atoms with E-state index in [2.05, 4.69) is 116 Å². The second-order valence-electron chi connectivity index (χ2n) is 10.4. The SMILES string of the molecule is Cc1ccc(CC(NC(=O)CC[Si](C)(Cc2ccccc2)Cc2ccccc2)c2ccccc2)cc1. The zero-order valence-corrected chi connectivity index (χ0v) is 22.5. The molecule has 0 aromatic heterocycles. The Labute approximate surface area is 217 Å². The number of aryl methyl sites for hydroxylation is 1. The molecule has 4 rings (SSSR count). The molecule has 2 nitrogen and oxygen atoms in total. The molecule has 0 spiro atoms. The molecule has 0 aliphatic rings. The summed E-state index contributed by atoms with van der Waals surface area (Å²) in [5.74, 6) is 0.149. The molecule has 0 radical (unpaired) electrons. The van der Waals surface area contributed by atoms with E-state index in [0.29, 0.717) is 6.42 Å². The highest BCUT2D eigenvalue weighted by Crippen LogP contribution is 2.25. The van der Waals surface area contributed by atoms with Gasteiger partial charge in [-0.15, -0.1) is 0 Å². The lowest BCUT2D eigenvalue weighted by Crippen LogP contribution is -2.39. The first-order valence-electron chi connectivity index (χ1n) is 13.0. The highest BCUT2D eigenvalue weighted by atomic mass is 28.3. The summed E-state index contributed by atoms with van der Waals surface area (Å²) in [7, 11) is -1.77. The number of amides is 1. The molecule has 0 aliphatic heterocycles. The van der Waals surface area contributed by atoms with E-state index in [1.807, 2.05) is 18.2 Å². The number of nitrogens with one attached hydrogen (secondary N) is 1. The summed E-state index contributed by atoms with van der Waals surface area (Å²) >= 11 is 0. The van der Waals surface area contributed by atoms with Crippen LogP contribution in [-0.2, 0) is 23.3 Å². The summed E-state index contributed by atoms with van der Waals surface area (Å²) < 4.78 is 0. The summed E-state index contributed by atoms with van der Waals surface area (Å²) in [5.41, 5.74) is 6.40. The van der Waals surface area contributed by atoms with Crippen LogP contribution < -0.4 is 5.32 Å². The molecule has 1 amide bonds. The fourth-order valence-electron chi connectivity index (χ4n) is 5.00. The first kappa shape index (κ1) is 25.7. The molecular weight excluding hydrogens is 454 g/mol. The van der Waals surface area contributed by atoms with Crippen molar-refractivity contribution in [3.05, 3.63) is 143 Å². The Hall–Kier alpha value is -3.43. The number of benzene rings is 4. The third kappa shape index (κ3) is 7.79. The standard InChI is InChI=1S/C33H37NOSi/c1-27-18-20-28(21-19-27)24-32(31-16-10-5-11-17-31)34-33(35)22-23-36(2,25-29-12-6-3-7-13-29)26-30-14-8-4-9-15-30/h3-21,32H,22-26H2,1-2H3,(H,34,35). The van der Waals surface area contributed by atoms with Gasteiger partial charge in [0.2, 0.25) is 5.91 Å². The maximum absolute atomic E-state index is 13.3. The second kappa shape index (κ2) is 12.5. The quantitative estimate of drug-likeness (QED) is 0.217. The van der Waals surface area contributed by atoms with E-state index in [1.54, 1.807) is 0 Å². The molecule has 0 saturated carbocycles. The van der Waals surface area contributed by atoms with E-state index in [0.717, 1.165) is 30.1 Å². The van der Waals surface area contributed by atoms with Crippen molar-refractivity contribution in [2.24, 2.45) is 0 Å². The normalized spacial score (nSPS) is 12.2. The summed E-state index contributed by atoms with van der Waals surface area (Å²) in [5, 5.41) is 3.38. The highest BCUT2D eigenvalue weighted by Gasteiger charge is 2.29. The first-order valence-corrected chi connectivity index (χ1v) is 16.1. The number of rotatable bonds is 11. The number of hydrogen-bond acceptors (Lipinski definition) is 1. The zero-order chi connectivity index (χ0) is 25.2. The molecule has 0 heterocycles. The fraction of sp³-hybridized carbons (Fsp3) is 0.242. The second-order valence-corrected chi connectivity index (χ2v) is 15.2. The van der Waals surface area contributed by atoms with Gasteiger partial charge in [0.1, 0.15) is 0 Å². The Bertz CT molecular complexity index is 1170. The van der Waals surface area contributed by atoms with Crippen LogP contribution in [0.15, 0.2) is 115 Å². The summed E-state index contributed by atoms with van der Waals surface area (Å²) in [6.07, 6.45) is 1.36. The molecule has 184 valence electrons. The molecule has 1 unspecified atom stereocenters. The van der Waals surface area contributed by atoms with Crippen LogP contribution in [0.4, 0.5) is 0 Å². The average molecular weight is 492 g/mol. The van der Waals surface area contributed by atoms with E-state index in [9.17, 15) is 4.79 Å². The van der Waals surface area contributed by atoms with E-state index in [4.69, 9.17) is 0 Å². The van der Waals surface area contributed by atoms with Gasteiger partial charge in [0.05, 0.1) is 14.1 Å². The monoisotopic (exact) mass is 491 g/mol. The van der Waals surface area contributed by atoms with Crippen LogP contribution in [0.1, 0.15) is 40.3 Å². The molecule has 0 aliphatic carbocycles. The van der Waals surface area contributed by atoms with E-state index >= 15 is 0 Å². The van der Waals surface area contributed by atoms with E-state index < -0.39 is 8.07 Å². The van der Waals surface area contributed by atoms with Crippen LogP contribution in [0, 0.1) is 6.92 Å². The van der Waals surface area contributed by atoms with E-state index in [-0.39, 0.29) is 11.9 Å². The minimum absolute atomic E-state index is 0.0300. The predicted molar refractivity (Wildman–Crippen MR) is 154 cm³/mol. The molecule has 4 aromatic carbocycles. The third-order valence-corrected chi connectivity index (χ3v) is 11.0. The smallest absolute Gasteiger partial charge is 0.220 e. The van der Waals surface area contributed by atoms with Crippen molar-refractivity contribution in [2.45, 2.75) is 50.5 Å². The first-order chi connectivity index (χ1) is 17.5. The molecule has 4 aromatic rings. The van der Waals surface area contributed by atoms with Crippen molar-refractivity contribution in [1.29, 1.82) is 0 Å². The minimum atomic E-state index is -1.77. The van der Waals surface area contributed by atoms with Crippen molar-refractivity contribution in [3.63, 3.8) is 0 Å². The Morgan fingerprint density at radius 2 is 1.19 bits per heavy atom. The van der Waals surface area contributed by atoms with Gasteiger partial charge in [0, 0.05) is 6.42 Å². The molecule has 36 heavy (non-hydrogen) atoms. The zero-order valence-electron chi connectivity index (χ0n) is 21.5. The molecular formula is C33H37NOSi. The molecule has 0 saturated heterocycles. The van der Waals surface area contributed by atoms with Gasteiger partial charge in [-0.1, -0.05) is 138 Å². The molecule has 3 heteroatoms. The van der Waals surface area contributed by atoms with Gasteiger partial charge < -0.3 is 5.32 Å². The number of carbonyl (C=O) groups excluding carboxylic acids is 1. The molecule has 0 bridgehead atoms. The molecule has 0 fully saturated rings. The van der Waals surface area contributed by atoms with Crippen LogP contribution in [0.3, 0.4) is 0 Å².